The molecule has 2 heterocycles. The van der Waals surface area contributed by atoms with Gasteiger partial charge in [-0.1, -0.05) is 0 Å². The van der Waals surface area contributed by atoms with Crippen molar-refractivity contribution < 1.29 is 13.5 Å². The van der Waals surface area contributed by atoms with Crippen LogP contribution in [0.1, 0.15) is 0 Å². The van der Waals surface area contributed by atoms with Gasteiger partial charge in [0.2, 0.25) is 0 Å². The predicted octanol–water partition coefficient (Wildman–Crippen LogP) is 1.25. The summed E-state index contributed by atoms with van der Waals surface area (Å²) in [4.78, 5) is 8.17. The van der Waals surface area contributed by atoms with Gasteiger partial charge in [0.05, 0.1) is 22.5 Å². The smallest absolute Gasteiger partial charge is 0.177 e. The summed E-state index contributed by atoms with van der Waals surface area (Å²) in [5, 5.41) is 9.09. The Balaban J connectivity index is 2.39. The highest BCUT2D eigenvalue weighted by molar-refractivity contribution is 7.90. The first-order chi connectivity index (χ1) is 7.97. The second kappa shape index (κ2) is 4.14. The van der Waals surface area contributed by atoms with E-state index in [0.717, 1.165) is 6.26 Å². The number of nitrogens with zero attached hydrogens (tertiary/aromatic N) is 2. The highest BCUT2D eigenvalue weighted by Gasteiger charge is 2.08. The Hall–Kier alpha value is -1.95. The van der Waals surface area contributed by atoms with Crippen LogP contribution in [0.2, 0.25) is 0 Å². The van der Waals surface area contributed by atoms with E-state index in [0.29, 0.717) is 11.4 Å². The first-order valence-electron chi connectivity index (χ1n) is 4.78. The molecule has 0 aliphatic rings. The minimum atomic E-state index is -3.23. The van der Waals surface area contributed by atoms with Gasteiger partial charge in [-0.25, -0.2) is 8.42 Å². The molecule has 0 aromatic carbocycles. The van der Waals surface area contributed by atoms with Crippen molar-refractivity contribution in [2.45, 2.75) is 4.90 Å². The van der Waals surface area contributed by atoms with E-state index in [4.69, 9.17) is 5.11 Å². The van der Waals surface area contributed by atoms with E-state index in [9.17, 15) is 8.42 Å². The first kappa shape index (κ1) is 11.5. The van der Waals surface area contributed by atoms with Gasteiger partial charge in [-0.05, 0) is 24.3 Å². The average Bonchev–Trinajstić information content (AvgIpc) is 2.29. The number of sulfone groups is 1. The van der Waals surface area contributed by atoms with Crippen molar-refractivity contribution in [3.8, 4) is 17.1 Å². The molecule has 0 spiro atoms. The van der Waals surface area contributed by atoms with Crippen LogP contribution >= 0.6 is 0 Å². The normalized spacial score (nSPS) is 11.4. The standard InChI is InChI=1S/C11H10N2O3S/c1-17(15,16)9-3-5-11(13-7-9)10-4-2-8(14)6-12-10/h2-7,14H,1H3. The maximum Gasteiger partial charge on any atom is 0.177 e. The lowest BCUT2D eigenvalue weighted by Crippen LogP contribution is -1.98. The molecule has 0 bridgehead atoms. The quantitative estimate of drug-likeness (QED) is 0.867. The first-order valence-corrected chi connectivity index (χ1v) is 6.67. The molecule has 0 atom stereocenters. The third-order valence-electron chi connectivity index (χ3n) is 2.17. The molecule has 0 aliphatic heterocycles. The van der Waals surface area contributed by atoms with Crippen LogP contribution in [-0.2, 0) is 9.84 Å². The zero-order chi connectivity index (χ0) is 12.5. The Bertz CT molecular complexity index is 619. The SMILES string of the molecule is CS(=O)(=O)c1ccc(-c2ccc(O)cn2)nc1. The molecule has 2 rings (SSSR count). The van der Waals surface area contributed by atoms with E-state index in [1.54, 1.807) is 12.1 Å². The average molecular weight is 250 g/mol. The van der Waals surface area contributed by atoms with Crippen LogP contribution in [0.5, 0.6) is 5.75 Å². The number of hydrogen-bond donors (Lipinski definition) is 1. The Morgan fingerprint density at radius 3 is 2.00 bits per heavy atom. The van der Waals surface area contributed by atoms with Crippen LogP contribution < -0.4 is 0 Å². The molecule has 0 amide bonds. The van der Waals surface area contributed by atoms with E-state index < -0.39 is 9.84 Å². The van der Waals surface area contributed by atoms with Crippen molar-refractivity contribution in [1.29, 1.82) is 0 Å². The maximum atomic E-state index is 11.2. The van der Waals surface area contributed by atoms with Gasteiger partial charge in [-0.3, -0.25) is 9.97 Å². The number of aromatic nitrogens is 2. The number of pyridine rings is 2. The van der Waals surface area contributed by atoms with Crippen LogP contribution in [0.4, 0.5) is 0 Å². The van der Waals surface area contributed by atoms with E-state index in [2.05, 4.69) is 9.97 Å². The lowest BCUT2D eigenvalue weighted by atomic mass is 10.2. The molecular formula is C11H10N2O3S. The monoisotopic (exact) mass is 250 g/mol. The zero-order valence-corrected chi connectivity index (χ0v) is 9.85. The summed E-state index contributed by atoms with van der Waals surface area (Å²) < 4.78 is 22.5. The molecule has 5 nitrogen and oxygen atoms in total. The Morgan fingerprint density at radius 1 is 1.00 bits per heavy atom. The van der Waals surface area contributed by atoms with Crippen LogP contribution in [0.25, 0.3) is 11.4 Å². The molecule has 0 saturated carbocycles. The Labute approximate surface area is 98.7 Å². The molecule has 2 aromatic rings. The largest absolute Gasteiger partial charge is 0.506 e. The van der Waals surface area contributed by atoms with Gasteiger partial charge in [-0.15, -0.1) is 0 Å². The Kier molecular flexibility index (Phi) is 2.81. The van der Waals surface area contributed by atoms with E-state index in [-0.39, 0.29) is 10.6 Å². The molecular weight excluding hydrogens is 240 g/mol. The molecule has 0 unspecified atom stereocenters. The third-order valence-corrected chi connectivity index (χ3v) is 3.27. The van der Waals surface area contributed by atoms with Gasteiger partial charge in [0.25, 0.3) is 0 Å². The molecule has 0 fully saturated rings. The Morgan fingerprint density at radius 2 is 1.59 bits per heavy atom. The summed E-state index contributed by atoms with van der Waals surface area (Å²) in [5.41, 5.74) is 1.13. The third kappa shape index (κ3) is 2.59. The van der Waals surface area contributed by atoms with Gasteiger partial charge < -0.3 is 5.11 Å². The second-order valence-electron chi connectivity index (χ2n) is 3.55. The highest BCUT2D eigenvalue weighted by atomic mass is 32.2. The van der Waals surface area contributed by atoms with Crippen molar-refractivity contribution in [3.05, 3.63) is 36.7 Å². The fourth-order valence-electron chi connectivity index (χ4n) is 1.29. The maximum absolute atomic E-state index is 11.2. The van der Waals surface area contributed by atoms with E-state index in [1.807, 2.05) is 0 Å². The molecule has 17 heavy (non-hydrogen) atoms. The number of hydrogen-bond acceptors (Lipinski definition) is 5. The summed E-state index contributed by atoms with van der Waals surface area (Å²) in [6.07, 6.45) is 3.73. The second-order valence-corrected chi connectivity index (χ2v) is 5.57. The predicted molar refractivity (Wildman–Crippen MR) is 62.2 cm³/mol. The van der Waals surface area contributed by atoms with Gasteiger partial charge in [0.1, 0.15) is 5.75 Å². The minimum Gasteiger partial charge on any atom is -0.506 e. The van der Waals surface area contributed by atoms with Crippen molar-refractivity contribution in [2.75, 3.05) is 6.26 Å². The number of aromatic hydroxyl groups is 1. The molecule has 0 aliphatic carbocycles. The zero-order valence-electron chi connectivity index (χ0n) is 9.03. The lowest BCUT2D eigenvalue weighted by molar-refractivity contribution is 0.473. The molecule has 0 saturated heterocycles. The molecule has 2 aromatic heterocycles. The molecule has 0 radical (unpaired) electrons. The van der Waals surface area contributed by atoms with Gasteiger partial charge in [0.15, 0.2) is 9.84 Å². The summed E-state index contributed by atoms with van der Waals surface area (Å²) in [5.74, 6) is 0.0708. The minimum absolute atomic E-state index is 0.0708. The van der Waals surface area contributed by atoms with Crippen molar-refractivity contribution in [3.63, 3.8) is 0 Å². The fourth-order valence-corrected chi connectivity index (χ4v) is 1.85. The van der Waals surface area contributed by atoms with Crippen LogP contribution in [0.15, 0.2) is 41.6 Å². The fraction of sp³-hybridized carbons (Fsp3) is 0.0909. The van der Waals surface area contributed by atoms with Gasteiger partial charge in [0, 0.05) is 12.5 Å². The van der Waals surface area contributed by atoms with Crippen LogP contribution in [0.3, 0.4) is 0 Å². The van der Waals surface area contributed by atoms with E-state index in [1.165, 1.54) is 24.5 Å². The lowest BCUT2D eigenvalue weighted by Gasteiger charge is -2.01. The highest BCUT2D eigenvalue weighted by Crippen LogP contribution is 2.18. The summed E-state index contributed by atoms with van der Waals surface area (Å²) in [6, 6.07) is 6.16. The van der Waals surface area contributed by atoms with Crippen molar-refractivity contribution >= 4 is 9.84 Å². The van der Waals surface area contributed by atoms with Gasteiger partial charge >= 0.3 is 0 Å². The summed E-state index contributed by atoms with van der Waals surface area (Å²) in [6.45, 7) is 0. The molecule has 6 heteroatoms. The van der Waals surface area contributed by atoms with E-state index >= 15 is 0 Å². The van der Waals surface area contributed by atoms with Crippen molar-refractivity contribution in [2.24, 2.45) is 0 Å². The van der Waals surface area contributed by atoms with Crippen LogP contribution in [-0.4, -0.2) is 29.7 Å². The van der Waals surface area contributed by atoms with Crippen molar-refractivity contribution in [1.82, 2.24) is 9.97 Å². The summed E-state index contributed by atoms with van der Waals surface area (Å²) >= 11 is 0. The molecule has 1 N–H and O–H groups in total. The topological polar surface area (TPSA) is 80.2 Å². The molecule has 88 valence electrons. The summed E-state index contributed by atoms with van der Waals surface area (Å²) in [7, 11) is -3.23. The van der Waals surface area contributed by atoms with Crippen LogP contribution in [0, 0.1) is 0 Å². The number of rotatable bonds is 2. The van der Waals surface area contributed by atoms with Gasteiger partial charge in [-0.2, -0.15) is 0 Å².